The number of aromatic nitrogens is 4. The summed E-state index contributed by atoms with van der Waals surface area (Å²) in [5.74, 6) is 2.52. The molecular formula is C25H34Cl2N8. The Morgan fingerprint density at radius 1 is 0.914 bits per heavy atom. The average Bonchev–Trinajstić information content (AvgIpc) is 3.46. The van der Waals surface area contributed by atoms with Crippen molar-refractivity contribution in [3.8, 4) is 0 Å². The molecule has 6 N–H and O–H groups in total. The first-order chi connectivity index (χ1) is 17.0. The number of nitrogen functional groups attached to an aromatic ring is 1. The summed E-state index contributed by atoms with van der Waals surface area (Å²) < 4.78 is 2.38. The topological polar surface area (TPSA) is 120 Å². The Balaban J connectivity index is 1.34. The molecule has 5 rings (SSSR count). The standard InChI is InChI=1S/C25H34Cl2N8/c26-17-11-15(12-18(27)13-17)14-30-9-10-31-22-21-24(34-25(29)33-22)35(20-3-1-2-4-20)23(32-21)16-5-7-19(28)8-6-16/h11-13,16,19-20,30H,1-10,14,28H2,(H3,29,31,33,34). The Morgan fingerprint density at radius 3 is 2.34 bits per heavy atom. The summed E-state index contributed by atoms with van der Waals surface area (Å²) in [6.45, 7) is 2.07. The molecule has 2 heterocycles. The molecule has 3 aromatic rings. The van der Waals surface area contributed by atoms with Crippen LogP contribution < -0.4 is 22.1 Å². The molecule has 0 unspecified atom stereocenters. The largest absolute Gasteiger partial charge is 0.368 e. The van der Waals surface area contributed by atoms with Crippen molar-refractivity contribution < 1.29 is 0 Å². The van der Waals surface area contributed by atoms with Gasteiger partial charge in [-0.05, 0) is 62.3 Å². The van der Waals surface area contributed by atoms with Crippen LogP contribution in [0.3, 0.4) is 0 Å². The van der Waals surface area contributed by atoms with E-state index in [1.54, 1.807) is 6.07 Å². The maximum absolute atomic E-state index is 6.19. The van der Waals surface area contributed by atoms with Gasteiger partial charge in [-0.25, -0.2) is 4.98 Å². The van der Waals surface area contributed by atoms with Crippen LogP contribution in [0.4, 0.5) is 11.8 Å². The number of hydrogen-bond acceptors (Lipinski definition) is 7. The molecule has 0 atom stereocenters. The number of fused-ring (bicyclic) bond motifs is 1. The summed E-state index contributed by atoms with van der Waals surface area (Å²) in [5, 5.41) is 8.13. The second-order valence-corrected chi connectivity index (χ2v) is 10.7. The highest BCUT2D eigenvalue weighted by atomic mass is 35.5. The number of imidazole rings is 1. The lowest BCUT2D eigenvalue weighted by Gasteiger charge is -2.27. The Bertz CT molecular complexity index is 1150. The third-order valence-electron chi connectivity index (χ3n) is 7.26. The lowest BCUT2D eigenvalue weighted by atomic mass is 9.86. The van der Waals surface area contributed by atoms with E-state index in [0.717, 1.165) is 67.6 Å². The van der Waals surface area contributed by atoms with E-state index >= 15 is 0 Å². The highest BCUT2D eigenvalue weighted by Gasteiger charge is 2.31. The van der Waals surface area contributed by atoms with Crippen LogP contribution in [0.15, 0.2) is 18.2 Å². The molecule has 188 valence electrons. The van der Waals surface area contributed by atoms with Gasteiger partial charge in [0.2, 0.25) is 5.95 Å². The predicted molar refractivity (Wildman–Crippen MR) is 143 cm³/mol. The maximum atomic E-state index is 6.19. The zero-order valence-electron chi connectivity index (χ0n) is 19.9. The fourth-order valence-electron chi connectivity index (χ4n) is 5.53. The molecule has 35 heavy (non-hydrogen) atoms. The van der Waals surface area contributed by atoms with Crippen LogP contribution in [0.1, 0.15) is 74.7 Å². The van der Waals surface area contributed by atoms with Gasteiger partial charge in [0.1, 0.15) is 5.82 Å². The van der Waals surface area contributed by atoms with Crippen LogP contribution in [-0.4, -0.2) is 38.7 Å². The minimum atomic E-state index is 0.276. The molecule has 0 amide bonds. The molecule has 2 fully saturated rings. The van der Waals surface area contributed by atoms with Crippen LogP contribution in [0, 0.1) is 0 Å². The number of halogens is 2. The summed E-state index contributed by atoms with van der Waals surface area (Å²) in [4.78, 5) is 14.3. The normalized spacial score (nSPS) is 21.1. The molecule has 0 radical (unpaired) electrons. The van der Waals surface area contributed by atoms with Crippen molar-refractivity contribution in [2.75, 3.05) is 24.1 Å². The van der Waals surface area contributed by atoms with E-state index < -0.39 is 0 Å². The highest BCUT2D eigenvalue weighted by Crippen LogP contribution is 2.40. The van der Waals surface area contributed by atoms with Crippen molar-refractivity contribution in [1.82, 2.24) is 24.8 Å². The molecule has 0 bridgehead atoms. The van der Waals surface area contributed by atoms with E-state index in [0.29, 0.717) is 47.0 Å². The van der Waals surface area contributed by atoms with Crippen molar-refractivity contribution in [1.29, 1.82) is 0 Å². The number of nitrogens with two attached hydrogens (primary N) is 2. The third-order valence-corrected chi connectivity index (χ3v) is 7.69. The van der Waals surface area contributed by atoms with Crippen LogP contribution in [0.2, 0.25) is 10.0 Å². The van der Waals surface area contributed by atoms with Gasteiger partial charge in [0.15, 0.2) is 17.0 Å². The molecule has 10 heteroatoms. The molecule has 2 saturated carbocycles. The first kappa shape index (κ1) is 24.6. The lowest BCUT2D eigenvalue weighted by molar-refractivity contribution is 0.367. The van der Waals surface area contributed by atoms with Crippen LogP contribution in [0.5, 0.6) is 0 Å². The molecule has 8 nitrogen and oxygen atoms in total. The van der Waals surface area contributed by atoms with Gasteiger partial charge in [0.05, 0.1) is 0 Å². The number of nitrogens with one attached hydrogen (secondary N) is 2. The van der Waals surface area contributed by atoms with Gasteiger partial charge in [-0.1, -0.05) is 36.0 Å². The SMILES string of the molecule is Nc1nc(NCCNCc2cc(Cl)cc(Cl)c2)c2nc(C3CCC(N)CC3)n(C3CCCC3)c2n1. The van der Waals surface area contributed by atoms with Gasteiger partial charge in [0.25, 0.3) is 0 Å². The van der Waals surface area contributed by atoms with Crippen molar-refractivity contribution in [2.24, 2.45) is 5.73 Å². The number of nitrogens with zero attached hydrogens (tertiary/aromatic N) is 4. The summed E-state index contributed by atoms with van der Waals surface area (Å²) in [6.07, 6.45) is 9.04. The molecular weight excluding hydrogens is 483 g/mol. The van der Waals surface area contributed by atoms with Crippen LogP contribution in [0.25, 0.3) is 11.2 Å². The molecule has 0 aliphatic heterocycles. The smallest absolute Gasteiger partial charge is 0.224 e. The monoisotopic (exact) mass is 516 g/mol. The number of rotatable bonds is 8. The van der Waals surface area contributed by atoms with E-state index in [1.807, 2.05) is 12.1 Å². The van der Waals surface area contributed by atoms with E-state index in [-0.39, 0.29) is 5.95 Å². The Kier molecular flexibility index (Phi) is 7.62. The Labute approximate surface area is 216 Å². The molecule has 1 aromatic carbocycles. The van der Waals surface area contributed by atoms with Gasteiger partial charge in [0, 0.05) is 47.7 Å². The van der Waals surface area contributed by atoms with Crippen molar-refractivity contribution in [3.05, 3.63) is 39.6 Å². The second kappa shape index (κ2) is 10.9. The van der Waals surface area contributed by atoms with Gasteiger partial charge in [-0.2, -0.15) is 9.97 Å². The van der Waals surface area contributed by atoms with Gasteiger partial charge in [-0.15, -0.1) is 0 Å². The molecule has 2 aromatic heterocycles. The zero-order chi connectivity index (χ0) is 24.4. The summed E-state index contributed by atoms with van der Waals surface area (Å²) in [7, 11) is 0. The quantitative estimate of drug-likeness (QED) is 0.310. The molecule has 0 spiro atoms. The number of benzene rings is 1. The minimum absolute atomic E-state index is 0.276. The van der Waals surface area contributed by atoms with Crippen LogP contribution in [-0.2, 0) is 6.54 Å². The number of hydrogen-bond donors (Lipinski definition) is 4. The van der Waals surface area contributed by atoms with Crippen LogP contribution >= 0.6 is 23.2 Å². The highest BCUT2D eigenvalue weighted by molar-refractivity contribution is 6.34. The van der Waals surface area contributed by atoms with Gasteiger partial charge in [-0.3, -0.25) is 0 Å². The van der Waals surface area contributed by atoms with Crippen molar-refractivity contribution >= 4 is 46.1 Å². The number of anilines is 2. The fourth-order valence-corrected chi connectivity index (χ4v) is 6.11. The van der Waals surface area contributed by atoms with E-state index in [2.05, 4.69) is 25.2 Å². The molecule has 2 aliphatic rings. The second-order valence-electron chi connectivity index (χ2n) is 9.87. The minimum Gasteiger partial charge on any atom is -0.368 e. The van der Waals surface area contributed by atoms with Crippen molar-refractivity contribution in [3.63, 3.8) is 0 Å². The summed E-state index contributed by atoms with van der Waals surface area (Å²) >= 11 is 12.2. The van der Waals surface area contributed by atoms with Gasteiger partial charge >= 0.3 is 0 Å². The predicted octanol–water partition coefficient (Wildman–Crippen LogP) is 5.02. The van der Waals surface area contributed by atoms with Crippen molar-refractivity contribution in [2.45, 2.75) is 75.9 Å². The molecule has 2 aliphatic carbocycles. The Hall–Kier alpha value is -2.13. The third kappa shape index (κ3) is 5.66. The van der Waals surface area contributed by atoms with E-state index in [9.17, 15) is 0 Å². The first-order valence-corrected chi connectivity index (χ1v) is 13.4. The van der Waals surface area contributed by atoms with Gasteiger partial charge < -0.3 is 26.7 Å². The molecule has 0 saturated heterocycles. The first-order valence-electron chi connectivity index (χ1n) is 12.7. The Morgan fingerprint density at radius 2 is 1.63 bits per heavy atom. The summed E-state index contributed by atoms with van der Waals surface area (Å²) in [5.41, 5.74) is 15.1. The fraction of sp³-hybridized carbons (Fsp3) is 0.560. The zero-order valence-corrected chi connectivity index (χ0v) is 21.5. The summed E-state index contributed by atoms with van der Waals surface area (Å²) in [6, 6.07) is 6.30. The average molecular weight is 518 g/mol. The lowest BCUT2D eigenvalue weighted by Crippen LogP contribution is -2.27. The van der Waals surface area contributed by atoms with E-state index in [1.165, 1.54) is 12.8 Å². The maximum Gasteiger partial charge on any atom is 0.224 e. The van der Waals surface area contributed by atoms with E-state index in [4.69, 9.17) is 39.7 Å².